The number of furan rings is 1. The summed E-state index contributed by atoms with van der Waals surface area (Å²) in [5.41, 5.74) is 2.76. The topological polar surface area (TPSA) is 33.4 Å². The summed E-state index contributed by atoms with van der Waals surface area (Å²) in [4.78, 5) is 0. The summed E-state index contributed by atoms with van der Waals surface area (Å²) in [5.74, 6) is 0. The van der Waals surface area contributed by atoms with Gasteiger partial charge in [0.2, 0.25) is 0 Å². The fourth-order valence-corrected chi connectivity index (χ4v) is 2.08. The van der Waals surface area contributed by atoms with E-state index in [4.69, 9.17) is 9.52 Å². The molecule has 0 aliphatic carbocycles. The zero-order valence-electron chi connectivity index (χ0n) is 9.26. The third kappa shape index (κ3) is 1.63. The predicted molar refractivity (Wildman–Crippen MR) is 69.8 cm³/mol. The van der Waals surface area contributed by atoms with Crippen molar-refractivity contribution in [2.24, 2.45) is 0 Å². The van der Waals surface area contributed by atoms with E-state index in [1.807, 2.05) is 36.4 Å². The van der Waals surface area contributed by atoms with Gasteiger partial charge in [-0.15, -0.1) is 0 Å². The minimum Gasteiger partial charge on any atom is -0.455 e. The first-order valence-electron chi connectivity index (χ1n) is 5.58. The number of aliphatic hydroxyl groups excluding tert-OH is 1. The van der Waals surface area contributed by atoms with Crippen molar-refractivity contribution in [3.8, 4) is 0 Å². The van der Waals surface area contributed by atoms with Crippen LogP contribution in [0.15, 0.2) is 53.0 Å². The molecule has 1 aromatic heterocycles. The Balaban J connectivity index is 2.35. The third-order valence-corrected chi connectivity index (χ3v) is 2.84. The van der Waals surface area contributed by atoms with Gasteiger partial charge in [-0.1, -0.05) is 48.6 Å². The number of hydrogen-bond donors (Lipinski definition) is 1. The van der Waals surface area contributed by atoms with Crippen molar-refractivity contribution in [2.75, 3.05) is 6.61 Å². The van der Waals surface area contributed by atoms with Crippen LogP contribution in [0.5, 0.6) is 0 Å². The van der Waals surface area contributed by atoms with Gasteiger partial charge >= 0.3 is 0 Å². The minimum atomic E-state index is 0.0383. The Morgan fingerprint density at radius 3 is 2.71 bits per heavy atom. The van der Waals surface area contributed by atoms with Crippen LogP contribution in [0.4, 0.5) is 0 Å². The van der Waals surface area contributed by atoms with Crippen molar-refractivity contribution >= 4 is 28.0 Å². The first-order chi connectivity index (χ1) is 8.40. The quantitative estimate of drug-likeness (QED) is 0.721. The number of fused-ring (bicyclic) bond motifs is 3. The molecule has 0 aliphatic heterocycles. The second kappa shape index (κ2) is 4.07. The predicted octanol–water partition coefficient (Wildman–Crippen LogP) is 3.59. The van der Waals surface area contributed by atoms with Crippen LogP contribution in [0.25, 0.3) is 28.0 Å². The monoisotopic (exact) mass is 224 g/mol. The summed E-state index contributed by atoms with van der Waals surface area (Å²) >= 11 is 0. The molecule has 1 heterocycles. The maximum atomic E-state index is 8.82. The molecule has 2 heteroatoms. The number of rotatable bonds is 2. The molecule has 0 fully saturated rings. The molecule has 0 radical (unpaired) electrons. The highest BCUT2D eigenvalue weighted by atomic mass is 16.3. The Labute approximate surface area is 98.8 Å². The Morgan fingerprint density at radius 1 is 1.00 bits per heavy atom. The molecule has 84 valence electrons. The molecule has 0 bridgehead atoms. The summed E-state index contributed by atoms with van der Waals surface area (Å²) in [6, 6.07) is 14.0. The molecule has 2 nitrogen and oxygen atoms in total. The van der Waals surface area contributed by atoms with Crippen LogP contribution >= 0.6 is 0 Å². The van der Waals surface area contributed by atoms with Crippen molar-refractivity contribution in [3.63, 3.8) is 0 Å². The third-order valence-electron chi connectivity index (χ3n) is 2.84. The minimum absolute atomic E-state index is 0.0383. The van der Waals surface area contributed by atoms with E-state index in [2.05, 4.69) is 12.1 Å². The lowest BCUT2D eigenvalue weighted by atomic mass is 10.1. The highest BCUT2D eigenvalue weighted by Gasteiger charge is 2.07. The van der Waals surface area contributed by atoms with E-state index in [1.165, 1.54) is 0 Å². The fourth-order valence-electron chi connectivity index (χ4n) is 2.08. The van der Waals surface area contributed by atoms with E-state index < -0.39 is 0 Å². The summed E-state index contributed by atoms with van der Waals surface area (Å²) in [6.07, 6.45) is 3.59. The Kier molecular flexibility index (Phi) is 2.42. The van der Waals surface area contributed by atoms with Gasteiger partial charge < -0.3 is 9.52 Å². The van der Waals surface area contributed by atoms with E-state index in [1.54, 1.807) is 6.08 Å². The number of aliphatic hydroxyl groups is 1. The Hall–Kier alpha value is -2.06. The van der Waals surface area contributed by atoms with Crippen molar-refractivity contribution in [2.45, 2.75) is 0 Å². The maximum absolute atomic E-state index is 8.82. The molecule has 0 aliphatic rings. The van der Waals surface area contributed by atoms with Crippen LogP contribution in [-0.2, 0) is 0 Å². The van der Waals surface area contributed by atoms with Crippen LogP contribution in [0.2, 0.25) is 0 Å². The Bertz CT molecular complexity index is 692. The van der Waals surface area contributed by atoms with Crippen LogP contribution in [0.3, 0.4) is 0 Å². The van der Waals surface area contributed by atoms with Gasteiger partial charge in [0.05, 0.1) is 6.61 Å². The molecule has 0 atom stereocenters. The molecule has 0 saturated carbocycles. The van der Waals surface area contributed by atoms with Crippen molar-refractivity contribution < 1.29 is 9.52 Å². The molecule has 3 aromatic rings. The van der Waals surface area contributed by atoms with Gasteiger partial charge in [-0.25, -0.2) is 0 Å². The number of hydrogen-bond acceptors (Lipinski definition) is 2. The van der Waals surface area contributed by atoms with E-state index in [0.717, 1.165) is 27.5 Å². The van der Waals surface area contributed by atoms with Gasteiger partial charge in [-0.2, -0.15) is 0 Å². The summed E-state index contributed by atoms with van der Waals surface area (Å²) in [5, 5.41) is 11.1. The smallest absolute Gasteiger partial charge is 0.142 e. The van der Waals surface area contributed by atoms with Crippen LogP contribution in [0.1, 0.15) is 5.56 Å². The second-order valence-electron chi connectivity index (χ2n) is 3.91. The van der Waals surface area contributed by atoms with E-state index in [0.29, 0.717) is 0 Å². The van der Waals surface area contributed by atoms with Gasteiger partial charge in [0.1, 0.15) is 11.2 Å². The second-order valence-corrected chi connectivity index (χ2v) is 3.91. The van der Waals surface area contributed by atoms with Gasteiger partial charge in [-0.3, -0.25) is 0 Å². The van der Waals surface area contributed by atoms with Crippen molar-refractivity contribution in [1.82, 2.24) is 0 Å². The van der Waals surface area contributed by atoms with Gasteiger partial charge in [-0.05, 0) is 6.07 Å². The zero-order valence-corrected chi connectivity index (χ0v) is 9.26. The first kappa shape index (κ1) is 10.1. The Morgan fingerprint density at radius 2 is 1.82 bits per heavy atom. The summed E-state index contributed by atoms with van der Waals surface area (Å²) in [7, 11) is 0. The van der Waals surface area contributed by atoms with Crippen molar-refractivity contribution in [3.05, 3.63) is 54.1 Å². The molecule has 0 amide bonds. The lowest BCUT2D eigenvalue weighted by Gasteiger charge is -1.94. The van der Waals surface area contributed by atoms with Crippen LogP contribution in [0, 0.1) is 0 Å². The molecule has 17 heavy (non-hydrogen) atoms. The molecule has 0 spiro atoms. The lowest BCUT2D eigenvalue weighted by Crippen LogP contribution is -1.75. The van der Waals surface area contributed by atoms with Gasteiger partial charge in [0.25, 0.3) is 0 Å². The fraction of sp³-hybridized carbons (Fsp3) is 0.0667. The van der Waals surface area contributed by atoms with E-state index in [9.17, 15) is 0 Å². The molecular weight excluding hydrogens is 212 g/mol. The number of benzene rings is 2. The van der Waals surface area contributed by atoms with E-state index in [-0.39, 0.29) is 6.61 Å². The molecular formula is C15H12O2. The first-order valence-corrected chi connectivity index (χ1v) is 5.58. The molecule has 3 rings (SSSR count). The molecule has 0 unspecified atom stereocenters. The van der Waals surface area contributed by atoms with Gasteiger partial charge in [0.15, 0.2) is 0 Å². The molecule has 0 saturated heterocycles. The van der Waals surface area contributed by atoms with Crippen LogP contribution in [-0.4, -0.2) is 11.7 Å². The lowest BCUT2D eigenvalue weighted by molar-refractivity contribution is 0.343. The molecule has 1 N–H and O–H groups in total. The SMILES string of the molecule is OCC=Cc1cccc2c1oc1ccccc12. The average Bonchev–Trinajstić information content (AvgIpc) is 2.75. The highest BCUT2D eigenvalue weighted by Crippen LogP contribution is 2.30. The standard InChI is InChI=1S/C15H12O2/c16-10-4-6-11-5-3-8-13-12-7-1-2-9-14(12)17-15(11)13/h1-9,16H,10H2. The maximum Gasteiger partial charge on any atom is 0.142 e. The number of para-hydroxylation sites is 2. The van der Waals surface area contributed by atoms with Crippen molar-refractivity contribution in [1.29, 1.82) is 0 Å². The highest BCUT2D eigenvalue weighted by molar-refractivity contribution is 6.07. The van der Waals surface area contributed by atoms with Crippen LogP contribution < -0.4 is 0 Å². The van der Waals surface area contributed by atoms with Gasteiger partial charge in [0, 0.05) is 16.3 Å². The average molecular weight is 224 g/mol. The van der Waals surface area contributed by atoms with E-state index >= 15 is 0 Å². The molecule has 2 aromatic carbocycles. The normalized spacial score (nSPS) is 11.8. The zero-order chi connectivity index (χ0) is 11.7. The largest absolute Gasteiger partial charge is 0.455 e. The summed E-state index contributed by atoms with van der Waals surface area (Å²) < 4.78 is 5.85. The summed E-state index contributed by atoms with van der Waals surface area (Å²) in [6.45, 7) is 0.0383.